The Labute approximate surface area is 97.7 Å². The summed E-state index contributed by atoms with van der Waals surface area (Å²) in [7, 11) is 0. The van der Waals surface area contributed by atoms with E-state index in [1.807, 2.05) is 0 Å². The summed E-state index contributed by atoms with van der Waals surface area (Å²) in [6.45, 7) is 0.429. The molecule has 1 fully saturated rings. The van der Waals surface area contributed by atoms with Crippen LogP contribution in [0.5, 0.6) is 5.75 Å². The Balaban J connectivity index is 2.04. The highest BCUT2D eigenvalue weighted by molar-refractivity contribution is 6.30. The number of halogens is 1. The Morgan fingerprint density at radius 2 is 2.25 bits per heavy atom. The molecule has 0 aliphatic carbocycles. The summed E-state index contributed by atoms with van der Waals surface area (Å²) >= 11 is 5.74. The van der Waals surface area contributed by atoms with Gasteiger partial charge >= 0.3 is 6.09 Å². The molecule has 4 nitrogen and oxygen atoms in total. The molecule has 0 atom stereocenters. The minimum Gasteiger partial charge on any atom is -0.410 e. The van der Waals surface area contributed by atoms with Crippen molar-refractivity contribution in [2.45, 2.75) is 12.8 Å². The Morgan fingerprint density at radius 1 is 1.44 bits per heavy atom. The number of rotatable bonds is 1. The highest BCUT2D eigenvalue weighted by Crippen LogP contribution is 2.19. The van der Waals surface area contributed by atoms with Crippen LogP contribution in [0.4, 0.5) is 4.79 Å². The molecule has 1 aliphatic rings. The number of benzene rings is 1. The third-order valence-electron chi connectivity index (χ3n) is 2.30. The van der Waals surface area contributed by atoms with Gasteiger partial charge in [-0.1, -0.05) is 17.7 Å². The van der Waals surface area contributed by atoms with Gasteiger partial charge in [-0.3, -0.25) is 4.79 Å². The van der Waals surface area contributed by atoms with E-state index < -0.39 is 6.09 Å². The van der Waals surface area contributed by atoms with Crippen molar-refractivity contribution >= 4 is 23.6 Å². The molecule has 0 spiro atoms. The molecule has 84 valence electrons. The van der Waals surface area contributed by atoms with Crippen LogP contribution in [0.3, 0.4) is 0 Å². The molecule has 1 aliphatic heterocycles. The van der Waals surface area contributed by atoms with Crippen molar-refractivity contribution in [2.24, 2.45) is 0 Å². The second-order valence-electron chi connectivity index (χ2n) is 3.47. The normalized spacial score (nSPS) is 15.3. The zero-order valence-electron chi connectivity index (χ0n) is 8.48. The van der Waals surface area contributed by atoms with Crippen molar-refractivity contribution in [3.8, 4) is 5.75 Å². The second-order valence-corrected chi connectivity index (χ2v) is 3.91. The van der Waals surface area contributed by atoms with Crippen LogP contribution in [0.15, 0.2) is 24.3 Å². The first-order chi connectivity index (χ1) is 7.66. The van der Waals surface area contributed by atoms with Crippen LogP contribution in [0, 0.1) is 0 Å². The van der Waals surface area contributed by atoms with Crippen molar-refractivity contribution in [1.82, 2.24) is 4.90 Å². The van der Waals surface area contributed by atoms with Gasteiger partial charge in [0.15, 0.2) is 0 Å². The number of ether oxygens (including phenoxy) is 1. The minimum atomic E-state index is -0.634. The second kappa shape index (κ2) is 4.53. The van der Waals surface area contributed by atoms with Crippen molar-refractivity contribution in [3.05, 3.63) is 29.3 Å². The van der Waals surface area contributed by atoms with Gasteiger partial charge < -0.3 is 4.74 Å². The van der Waals surface area contributed by atoms with Crippen LogP contribution in [0.2, 0.25) is 5.02 Å². The zero-order chi connectivity index (χ0) is 11.5. The van der Waals surface area contributed by atoms with E-state index >= 15 is 0 Å². The zero-order valence-corrected chi connectivity index (χ0v) is 9.24. The van der Waals surface area contributed by atoms with E-state index in [1.54, 1.807) is 18.2 Å². The Bertz CT molecular complexity index is 433. The van der Waals surface area contributed by atoms with Crippen LogP contribution >= 0.6 is 11.6 Å². The van der Waals surface area contributed by atoms with Crippen LogP contribution in [0.25, 0.3) is 0 Å². The summed E-state index contributed by atoms with van der Waals surface area (Å²) in [5.74, 6) is 0.157. The molecule has 1 heterocycles. The summed E-state index contributed by atoms with van der Waals surface area (Å²) < 4.78 is 5.03. The maximum atomic E-state index is 11.6. The first-order valence-electron chi connectivity index (χ1n) is 4.94. The Morgan fingerprint density at radius 3 is 2.88 bits per heavy atom. The molecule has 0 aromatic heterocycles. The fraction of sp³-hybridized carbons (Fsp3) is 0.273. The lowest BCUT2D eigenvalue weighted by molar-refractivity contribution is -0.125. The standard InChI is InChI=1S/C11H10ClNO3/c12-8-3-1-4-9(7-8)16-11(15)13-6-2-5-10(13)14/h1,3-4,7H,2,5-6H2. The van der Waals surface area contributed by atoms with Crippen molar-refractivity contribution < 1.29 is 14.3 Å². The number of carbonyl (C=O) groups excluding carboxylic acids is 2. The molecular weight excluding hydrogens is 230 g/mol. The Kier molecular flexibility index (Phi) is 3.10. The fourth-order valence-corrected chi connectivity index (χ4v) is 1.71. The molecule has 2 rings (SSSR count). The van der Waals surface area contributed by atoms with Gasteiger partial charge in [0.05, 0.1) is 0 Å². The average Bonchev–Trinajstić information content (AvgIpc) is 2.64. The van der Waals surface area contributed by atoms with Crippen LogP contribution in [-0.2, 0) is 4.79 Å². The highest BCUT2D eigenvalue weighted by atomic mass is 35.5. The molecule has 0 saturated carbocycles. The van der Waals surface area contributed by atoms with E-state index in [0.29, 0.717) is 30.2 Å². The summed E-state index contributed by atoms with van der Waals surface area (Å²) in [6.07, 6.45) is 0.471. The minimum absolute atomic E-state index is 0.188. The number of amides is 2. The predicted octanol–water partition coefficient (Wildman–Crippen LogP) is 2.46. The maximum absolute atomic E-state index is 11.6. The van der Waals surface area contributed by atoms with Gasteiger partial charge in [0.1, 0.15) is 5.75 Å². The number of hydrogen-bond acceptors (Lipinski definition) is 3. The molecule has 1 aromatic rings. The molecule has 0 bridgehead atoms. The lowest BCUT2D eigenvalue weighted by atomic mass is 10.3. The molecule has 16 heavy (non-hydrogen) atoms. The van der Waals surface area contributed by atoms with Gasteiger partial charge in [0.25, 0.3) is 0 Å². The van der Waals surface area contributed by atoms with Crippen LogP contribution < -0.4 is 4.74 Å². The van der Waals surface area contributed by atoms with Gasteiger partial charge in [-0.25, -0.2) is 9.69 Å². The maximum Gasteiger partial charge on any atom is 0.421 e. The molecule has 1 saturated heterocycles. The number of nitrogens with zero attached hydrogens (tertiary/aromatic N) is 1. The number of likely N-dealkylation sites (tertiary alicyclic amines) is 1. The molecule has 0 N–H and O–H groups in total. The summed E-state index contributed by atoms with van der Waals surface area (Å²) in [6, 6.07) is 6.50. The van der Waals surface area contributed by atoms with E-state index in [0.717, 1.165) is 4.90 Å². The van der Waals surface area contributed by atoms with Gasteiger partial charge in [-0.15, -0.1) is 0 Å². The van der Waals surface area contributed by atoms with E-state index in [1.165, 1.54) is 6.07 Å². The monoisotopic (exact) mass is 239 g/mol. The van der Waals surface area contributed by atoms with E-state index in [9.17, 15) is 9.59 Å². The number of hydrogen-bond donors (Lipinski definition) is 0. The topological polar surface area (TPSA) is 46.6 Å². The summed E-state index contributed by atoms with van der Waals surface area (Å²) in [5.41, 5.74) is 0. The molecule has 1 aromatic carbocycles. The van der Waals surface area contributed by atoms with E-state index in [-0.39, 0.29) is 5.91 Å². The third kappa shape index (κ3) is 2.33. The molecule has 0 radical (unpaired) electrons. The largest absolute Gasteiger partial charge is 0.421 e. The quantitative estimate of drug-likeness (QED) is 0.756. The van der Waals surface area contributed by atoms with E-state index in [2.05, 4.69) is 0 Å². The summed E-state index contributed by atoms with van der Waals surface area (Å²) in [5, 5.41) is 0.484. The van der Waals surface area contributed by atoms with Crippen molar-refractivity contribution in [3.63, 3.8) is 0 Å². The predicted molar refractivity (Wildman–Crippen MR) is 58.4 cm³/mol. The number of carbonyl (C=O) groups is 2. The lowest BCUT2D eigenvalue weighted by Gasteiger charge is -2.13. The Hall–Kier alpha value is -1.55. The van der Waals surface area contributed by atoms with Gasteiger partial charge in [-0.05, 0) is 24.6 Å². The highest BCUT2D eigenvalue weighted by Gasteiger charge is 2.27. The summed E-state index contributed by atoms with van der Waals surface area (Å²) in [4.78, 5) is 24.0. The first-order valence-corrected chi connectivity index (χ1v) is 5.32. The SMILES string of the molecule is O=C1CCCN1C(=O)Oc1cccc(Cl)c1. The van der Waals surface area contributed by atoms with Crippen molar-refractivity contribution in [1.29, 1.82) is 0 Å². The number of imide groups is 1. The molecule has 5 heteroatoms. The van der Waals surface area contributed by atoms with Crippen LogP contribution in [-0.4, -0.2) is 23.4 Å². The molecule has 2 amide bonds. The average molecular weight is 240 g/mol. The fourth-order valence-electron chi connectivity index (χ4n) is 1.53. The van der Waals surface area contributed by atoms with E-state index in [4.69, 9.17) is 16.3 Å². The van der Waals surface area contributed by atoms with Gasteiger partial charge in [0, 0.05) is 18.0 Å². The lowest BCUT2D eigenvalue weighted by Crippen LogP contribution is -2.34. The smallest absolute Gasteiger partial charge is 0.410 e. The van der Waals surface area contributed by atoms with Gasteiger partial charge in [-0.2, -0.15) is 0 Å². The van der Waals surface area contributed by atoms with Crippen molar-refractivity contribution in [2.75, 3.05) is 6.54 Å². The molecular formula is C11H10ClNO3. The molecule has 0 unspecified atom stereocenters. The van der Waals surface area contributed by atoms with Crippen LogP contribution in [0.1, 0.15) is 12.8 Å². The third-order valence-corrected chi connectivity index (χ3v) is 2.53. The first kappa shape index (κ1) is 11.0. The van der Waals surface area contributed by atoms with Gasteiger partial charge in [0.2, 0.25) is 5.91 Å².